The van der Waals surface area contributed by atoms with E-state index in [-0.39, 0.29) is 10.9 Å². The van der Waals surface area contributed by atoms with Crippen LogP contribution in [0.1, 0.15) is 0 Å². The highest BCUT2D eigenvalue weighted by Crippen LogP contribution is 2.85. The summed E-state index contributed by atoms with van der Waals surface area (Å²) in [5.41, 5.74) is 0. The zero-order valence-electron chi connectivity index (χ0n) is 23.4. The maximum Gasteiger partial charge on any atom is 0.291 e. The number of rotatable bonds is 17. The molecule has 0 atom stereocenters. The molecule has 0 aliphatic carbocycles. The SMILES string of the molecule is O=S(=O)(O)C(I)(I)C(I)(I)C(I)(I)C(I)(I)C(I)(I)C(I)(I)C(I)(I)C(I)(I)C(I)(I)C(I)(I)C(I)(I)C(I)(I)C(I)(I)C(I)(I)C(I)(I)C(I)(I)C(I)(I)I. The fourth-order valence-electron chi connectivity index (χ4n) is 3.09. The molecule has 0 heterocycles. The Balaban J connectivity index is 7.88. The van der Waals surface area contributed by atoms with Gasteiger partial charge in [0, 0.05) is 0 Å². The van der Waals surface area contributed by atoms with Crippen molar-refractivity contribution in [3.05, 3.63) is 0 Å². The lowest BCUT2D eigenvalue weighted by atomic mass is 10.0. The number of hydrogen-bond acceptors (Lipinski definition) is 2. The molecule has 0 aromatic heterocycles. The van der Waals surface area contributed by atoms with Crippen molar-refractivity contribution >= 4 is 801 Å². The highest BCUT2D eigenvalue weighted by atomic mass is 127. The Morgan fingerprint density at radius 1 is 0.214 bits per heavy atom. The molecule has 39 heteroatoms. The van der Waals surface area contributed by atoms with Crippen molar-refractivity contribution in [1.82, 2.24) is 0 Å². The number of alkyl halides is 35. The van der Waals surface area contributed by atoms with Gasteiger partial charge in [-0.1, -0.05) is 745 Å². The van der Waals surface area contributed by atoms with Crippen molar-refractivity contribution in [2.75, 3.05) is 0 Å². The monoisotopic (exact) mass is 4730 g/mol. The van der Waals surface area contributed by atoms with Crippen molar-refractivity contribution in [1.29, 1.82) is 0 Å². The first-order valence-corrected chi connectivity index (χ1v) is 50.5. The van der Waals surface area contributed by atoms with Gasteiger partial charge in [0.1, 0.15) is 20.9 Å². The van der Waals surface area contributed by atoms with E-state index in [1.165, 1.54) is 0 Å². The summed E-state index contributed by atoms with van der Waals surface area (Å²) < 4.78 is 28.7. The van der Waals surface area contributed by atoms with E-state index in [0.29, 0.717) is 0 Å². The largest absolute Gasteiger partial charge is 0.291 e. The summed E-state index contributed by atoms with van der Waals surface area (Å²) in [6, 6.07) is 0. The van der Waals surface area contributed by atoms with E-state index < -0.39 is 20.9 Å². The Bertz CT molecular complexity index is 1580. The van der Waals surface area contributed by atoms with Gasteiger partial charge in [0.2, 0.25) is 0.760 Å². The summed E-state index contributed by atoms with van der Waals surface area (Å²) in [5.74, 6) is 0. The summed E-state index contributed by atoms with van der Waals surface area (Å²) in [5, 5.41) is 0. The van der Waals surface area contributed by atoms with Crippen LogP contribution in [0.5, 0.6) is 0 Å². The molecule has 0 bridgehead atoms. The fraction of sp³-hybridized carbons (Fsp3) is 1.00. The third-order valence-electron chi connectivity index (χ3n) is 6.57. The van der Waals surface area contributed by atoms with E-state index >= 15 is 0 Å². The molecule has 0 radical (unpaired) electrons. The molecule has 0 amide bonds. The average molecular weight is 4730 g/mol. The zero-order chi connectivity index (χ0) is 47.0. The van der Waals surface area contributed by atoms with Crippen LogP contribution in [0.25, 0.3) is 0 Å². The van der Waals surface area contributed by atoms with E-state index in [9.17, 15) is 13.0 Å². The van der Waals surface area contributed by atoms with Crippen molar-refractivity contribution in [3.8, 4) is 0 Å². The predicted molar refractivity (Wildman–Crippen MR) is 549 cm³/mol. The molecule has 56 heavy (non-hydrogen) atoms. The minimum Gasteiger partial charge on any atom is -0.284 e. The van der Waals surface area contributed by atoms with Gasteiger partial charge in [-0.25, -0.2) is 0 Å². The summed E-state index contributed by atoms with van der Waals surface area (Å²) >= 11 is 92.1. The summed E-state index contributed by atoms with van der Waals surface area (Å²) in [7, 11) is -4.42. The molecule has 0 fully saturated rings. The van der Waals surface area contributed by atoms with Crippen LogP contribution in [0, 0.1) is 0 Å². The number of hydrogen-bond donors (Lipinski definition) is 1. The quantitative estimate of drug-likeness (QED) is 0.0897. The first-order valence-electron chi connectivity index (χ1n) is 11.3. The minimum absolute atomic E-state index is 0.0396. The molecule has 3 nitrogen and oxygen atoms in total. The minimum atomic E-state index is -4.42. The molecule has 0 saturated heterocycles. The van der Waals surface area contributed by atoms with Crippen LogP contribution >= 0.6 is 791 Å². The highest BCUT2D eigenvalue weighted by molar-refractivity contribution is 14.3. The van der Waals surface area contributed by atoms with Gasteiger partial charge >= 0.3 is 0 Å². The van der Waals surface area contributed by atoms with Gasteiger partial charge in [0.15, 0.2) is 0 Å². The van der Waals surface area contributed by atoms with E-state index in [1.54, 1.807) is 0 Å². The van der Waals surface area contributed by atoms with Gasteiger partial charge in [-0.15, -0.1) is 0 Å². The average Bonchev–Trinajstić information content (AvgIpc) is 2.94. The van der Waals surface area contributed by atoms with Gasteiger partial charge in [-0.2, -0.15) is 8.42 Å². The van der Waals surface area contributed by atoms with Crippen molar-refractivity contribution < 1.29 is 13.0 Å². The van der Waals surface area contributed by atoms with Gasteiger partial charge < -0.3 is 0 Å². The van der Waals surface area contributed by atoms with Crippen LogP contribution in [0.4, 0.5) is 0 Å². The predicted octanol–water partition coefficient (Wildman–Crippen LogP) is 26.9. The summed E-state index contributed by atoms with van der Waals surface area (Å²) in [6.07, 6.45) is 0. The van der Waals surface area contributed by atoms with Crippen LogP contribution in [0.2, 0.25) is 0 Å². The molecule has 0 saturated carbocycles. The lowest BCUT2D eigenvalue weighted by Gasteiger charge is -2.63. The topological polar surface area (TPSA) is 54.4 Å². The van der Waals surface area contributed by atoms with E-state index in [0.717, 1.165) is 0 Å². The maximum atomic E-state index is 12.9. The smallest absolute Gasteiger partial charge is 0.284 e. The Morgan fingerprint density at radius 3 is 0.429 bits per heavy atom. The lowest BCUT2D eigenvalue weighted by Crippen LogP contribution is -2.73. The van der Waals surface area contributed by atoms with Gasteiger partial charge in [-0.3, -0.25) is 4.55 Å². The molecule has 0 aromatic carbocycles. The Labute approximate surface area is 806 Å². The molecular weight excluding hydrogens is 4730 g/mol. The Kier molecular flexibility index (Phi) is 41.5. The zero-order valence-corrected chi connectivity index (χ0v) is 99.7. The number of halogens is 35. The molecule has 0 rings (SSSR count). The van der Waals surface area contributed by atoms with Crippen LogP contribution in [0.3, 0.4) is 0 Å². The molecule has 0 unspecified atom stereocenters. The second kappa shape index (κ2) is 28.5. The standard InChI is InChI=1S/C17HI35O3S/c18-1(19,2(20,21)4(24,25)6(28,29)8(32,33)10(36,37)12(40,41)14(44,45)16(48,49)50)3(22,23)5(26,27)7(30,31)9(34,35)11(38,39)13(42,43)15(46,47)17(51,52)56(53,54)55/h(H,53,54,55). The molecule has 0 spiro atoms. The Morgan fingerprint density at radius 2 is 0.321 bits per heavy atom. The van der Waals surface area contributed by atoms with Crippen molar-refractivity contribution in [2.45, 2.75) is 21.6 Å². The van der Waals surface area contributed by atoms with Crippen LogP contribution in [0.15, 0.2) is 0 Å². The van der Waals surface area contributed by atoms with E-state index in [2.05, 4.69) is 745 Å². The Hall–Kier alpha value is 25.5. The molecule has 0 aliphatic rings. The molecule has 0 aromatic rings. The third-order valence-corrected chi connectivity index (χ3v) is 132. The van der Waals surface area contributed by atoms with E-state index in [4.69, 9.17) is 0 Å². The normalized spacial score (nSPS) is 17.4. The van der Waals surface area contributed by atoms with Crippen LogP contribution in [-0.2, 0) is 10.1 Å². The highest BCUT2D eigenvalue weighted by Gasteiger charge is 2.83. The summed E-state index contributed by atoms with van der Waals surface area (Å²) in [6.45, 7) is 0. The molecule has 0 aliphatic heterocycles. The molecule has 1 N–H and O–H groups in total. The fourth-order valence-corrected chi connectivity index (χ4v) is 62.3. The van der Waals surface area contributed by atoms with Crippen molar-refractivity contribution in [2.24, 2.45) is 0 Å². The molecule has 338 valence electrons. The van der Waals surface area contributed by atoms with E-state index in [1.807, 2.05) is 45.2 Å². The third kappa shape index (κ3) is 15.4. The first-order chi connectivity index (χ1) is 23.2. The van der Waals surface area contributed by atoms with Gasteiger partial charge in [-0.05, 0) is 45.2 Å². The van der Waals surface area contributed by atoms with Crippen LogP contribution < -0.4 is 0 Å². The van der Waals surface area contributed by atoms with Crippen LogP contribution in [-0.4, -0.2) is 34.6 Å². The first kappa shape index (κ1) is 81.5. The van der Waals surface area contributed by atoms with Gasteiger partial charge in [0.05, 0.1) is 0 Å². The second-order valence-electron chi connectivity index (χ2n) is 10.1. The summed E-state index contributed by atoms with van der Waals surface area (Å²) in [4.78, 5) is 0. The van der Waals surface area contributed by atoms with Gasteiger partial charge in [0.25, 0.3) is 10.1 Å². The van der Waals surface area contributed by atoms with Crippen molar-refractivity contribution in [3.63, 3.8) is 0 Å². The molecular formula is C17HI35O3S. The maximum absolute atomic E-state index is 12.9. The lowest BCUT2D eigenvalue weighted by molar-refractivity contribution is 0.477. The second-order valence-corrected chi connectivity index (χ2v) is 109.